The van der Waals surface area contributed by atoms with Gasteiger partial charge < -0.3 is 0 Å². The number of ether oxygens (including phenoxy) is 6. The average molecular weight is 803 g/mol. The molecule has 269 valence electrons. The molecule has 3 aromatic rings. The van der Waals surface area contributed by atoms with Crippen molar-refractivity contribution < 1.29 is 109 Å². The summed E-state index contributed by atoms with van der Waals surface area (Å²) in [5.41, 5.74) is -7.98. The summed E-state index contributed by atoms with van der Waals surface area (Å²) in [6.07, 6.45) is 0. The normalized spacial score (nSPS) is 12.0. The van der Waals surface area contributed by atoms with Crippen LogP contribution in [-0.4, -0.2) is 33.9 Å². The molecule has 20 heteroatoms. The second-order valence-electron chi connectivity index (χ2n) is 9.78. The molecule has 3 aromatic carbocycles. The van der Waals surface area contributed by atoms with Crippen molar-refractivity contribution in [1.29, 1.82) is 0 Å². The van der Waals surface area contributed by atoms with Crippen molar-refractivity contribution in [2.24, 2.45) is 0 Å². The Balaban J connectivity index is 2.13. The summed E-state index contributed by atoms with van der Waals surface area (Å²) < 4.78 is 211. The Kier molecular flexibility index (Phi) is 14.6. The SMILES string of the molecule is COCc1c(F)c(F)c(COC(C[O][Zr])(OCc2c(F)c(F)c(COC)c(F)c2F)OCc2c(F)c(F)c(COC)c(F)c2F)c(F)c1F. The van der Waals surface area contributed by atoms with Gasteiger partial charge in [-0.3, -0.25) is 0 Å². The van der Waals surface area contributed by atoms with Crippen molar-refractivity contribution in [3.8, 4) is 0 Å². The van der Waals surface area contributed by atoms with Crippen LogP contribution in [0.25, 0.3) is 0 Å². The van der Waals surface area contributed by atoms with E-state index in [9.17, 15) is 52.7 Å². The Morgan fingerprint density at radius 2 is 0.551 bits per heavy atom. The summed E-state index contributed by atoms with van der Waals surface area (Å²) in [5.74, 6) is -27.0. The predicted molar refractivity (Wildman–Crippen MR) is 134 cm³/mol. The molecule has 0 saturated heterocycles. The first-order chi connectivity index (χ1) is 23.1. The van der Waals surface area contributed by atoms with Gasteiger partial charge in [0, 0.05) is 0 Å². The first kappa shape index (κ1) is 40.8. The fraction of sp³-hybridized carbons (Fsp3) is 0.379. The maximum atomic E-state index is 14.9. The third-order valence-electron chi connectivity index (χ3n) is 6.76. The summed E-state index contributed by atoms with van der Waals surface area (Å²) in [5, 5.41) is 0. The zero-order valence-corrected chi connectivity index (χ0v) is 27.8. The van der Waals surface area contributed by atoms with E-state index in [2.05, 4.69) is 14.2 Å². The van der Waals surface area contributed by atoms with Crippen LogP contribution < -0.4 is 0 Å². The van der Waals surface area contributed by atoms with Crippen molar-refractivity contribution >= 4 is 0 Å². The van der Waals surface area contributed by atoms with E-state index in [4.69, 9.17) is 17.0 Å². The summed E-state index contributed by atoms with van der Waals surface area (Å²) in [6.45, 7) is -8.73. The van der Waals surface area contributed by atoms with Crippen LogP contribution in [0.5, 0.6) is 0 Å². The van der Waals surface area contributed by atoms with Gasteiger partial charge in [0.15, 0.2) is 0 Å². The zero-order valence-electron chi connectivity index (χ0n) is 25.3. The van der Waals surface area contributed by atoms with Gasteiger partial charge in [-0.1, -0.05) is 0 Å². The van der Waals surface area contributed by atoms with Crippen LogP contribution in [0.3, 0.4) is 0 Å². The molecule has 0 radical (unpaired) electrons. The fourth-order valence-corrected chi connectivity index (χ4v) is 4.68. The van der Waals surface area contributed by atoms with E-state index >= 15 is 0 Å². The van der Waals surface area contributed by atoms with Gasteiger partial charge in [0.05, 0.1) is 0 Å². The quantitative estimate of drug-likeness (QED) is 0.0839. The first-order valence-corrected chi connectivity index (χ1v) is 14.3. The van der Waals surface area contributed by atoms with Crippen LogP contribution in [0.1, 0.15) is 33.4 Å². The van der Waals surface area contributed by atoms with Crippen LogP contribution in [0.4, 0.5) is 52.7 Å². The maximum absolute atomic E-state index is 14.9. The molecule has 0 N–H and O–H groups in total. The first-order valence-electron chi connectivity index (χ1n) is 13.3. The van der Waals surface area contributed by atoms with Crippen molar-refractivity contribution in [3.63, 3.8) is 0 Å². The van der Waals surface area contributed by atoms with Crippen LogP contribution in [0.2, 0.25) is 0 Å². The fourth-order valence-electron chi connectivity index (χ4n) is 4.25. The molecule has 0 bridgehead atoms. The minimum absolute atomic E-state index is 0.102. The van der Waals surface area contributed by atoms with Gasteiger partial charge >= 0.3 is 286 Å². The van der Waals surface area contributed by atoms with E-state index in [1.165, 1.54) is 0 Å². The van der Waals surface area contributed by atoms with Gasteiger partial charge in [-0.25, -0.2) is 0 Å². The molecule has 7 nitrogen and oxygen atoms in total. The number of benzene rings is 3. The molecule has 0 aliphatic rings. The Morgan fingerprint density at radius 3 is 0.714 bits per heavy atom. The molecular formula is C29H23F12O7Zr. The van der Waals surface area contributed by atoms with E-state index in [-0.39, 0.29) is 25.2 Å². The summed E-state index contributed by atoms with van der Waals surface area (Å²) in [7, 11) is 2.89. The minimum atomic E-state index is -3.20. The van der Waals surface area contributed by atoms with Crippen LogP contribution in [0.15, 0.2) is 0 Å². The molecule has 0 spiro atoms. The van der Waals surface area contributed by atoms with Gasteiger partial charge in [-0.15, -0.1) is 0 Å². The van der Waals surface area contributed by atoms with Crippen molar-refractivity contribution in [1.82, 2.24) is 0 Å². The van der Waals surface area contributed by atoms with Crippen LogP contribution in [-0.2, 0) is 96.0 Å². The molecule has 0 aliphatic carbocycles. The number of methoxy groups -OCH3 is 3. The van der Waals surface area contributed by atoms with Gasteiger partial charge in [-0.2, -0.15) is 0 Å². The summed E-state index contributed by atoms with van der Waals surface area (Å²) >= 11 is 0.102. The molecule has 0 fully saturated rings. The zero-order chi connectivity index (χ0) is 36.8. The van der Waals surface area contributed by atoms with Gasteiger partial charge in [0.1, 0.15) is 0 Å². The molecule has 49 heavy (non-hydrogen) atoms. The molecule has 0 aromatic heterocycles. The predicted octanol–water partition coefficient (Wildman–Crippen LogP) is 6.88. The number of rotatable bonds is 17. The molecule has 0 saturated carbocycles. The third kappa shape index (κ3) is 8.49. The standard InChI is InChI=1S/C29H23F12O7.Zr/c1-43-4-11-17(30)23(36)14(24(37)18(11)31)7-46-29(10-42,47-8-15-25(38)19(32)12(5-44-2)20(33)26(15)39)48-9-16-27(40)21(34)13(6-45-3)22(35)28(16)41;/h4-10H2,1-3H3;/q-1;+1. The Bertz CT molecular complexity index is 1400. The monoisotopic (exact) mass is 801 g/mol. The van der Waals surface area contributed by atoms with Crippen molar-refractivity contribution in [2.75, 3.05) is 27.9 Å². The van der Waals surface area contributed by atoms with Crippen LogP contribution >= 0.6 is 0 Å². The molecule has 0 aliphatic heterocycles. The Labute approximate surface area is 285 Å². The van der Waals surface area contributed by atoms with E-state index < -0.39 is 155 Å². The summed E-state index contributed by atoms with van der Waals surface area (Å²) in [4.78, 5) is 0. The Hall–Kier alpha value is -2.58. The average Bonchev–Trinajstić information content (AvgIpc) is 3.07. The van der Waals surface area contributed by atoms with Crippen molar-refractivity contribution in [3.05, 3.63) is 103 Å². The molecule has 0 unspecified atom stereocenters. The molecular weight excluding hydrogens is 780 g/mol. The van der Waals surface area contributed by atoms with Crippen molar-refractivity contribution in [2.45, 2.75) is 45.6 Å². The van der Waals surface area contributed by atoms with Gasteiger partial charge in [0.25, 0.3) is 0 Å². The summed E-state index contributed by atoms with van der Waals surface area (Å²) in [6, 6.07) is 0. The van der Waals surface area contributed by atoms with E-state index in [1.807, 2.05) is 0 Å². The number of hydrogen-bond donors (Lipinski definition) is 0. The van der Waals surface area contributed by atoms with E-state index in [0.29, 0.717) is 0 Å². The molecule has 0 heterocycles. The second-order valence-corrected chi connectivity index (χ2v) is 10.5. The molecule has 0 atom stereocenters. The molecule has 3 rings (SSSR count). The topological polar surface area (TPSA) is 64.6 Å². The third-order valence-corrected chi connectivity index (χ3v) is 7.11. The van der Waals surface area contributed by atoms with E-state index in [0.717, 1.165) is 21.3 Å². The number of halogens is 12. The Morgan fingerprint density at radius 1 is 0.367 bits per heavy atom. The number of hydrogen-bond acceptors (Lipinski definition) is 7. The van der Waals surface area contributed by atoms with Gasteiger partial charge in [0.2, 0.25) is 0 Å². The second kappa shape index (κ2) is 17.6. The van der Waals surface area contributed by atoms with E-state index in [1.54, 1.807) is 0 Å². The van der Waals surface area contributed by atoms with Gasteiger partial charge in [-0.05, 0) is 0 Å². The van der Waals surface area contributed by atoms with Crippen LogP contribution in [0, 0.1) is 69.8 Å². The molecule has 0 amide bonds.